The number of piperidine rings is 1. The minimum Gasteiger partial charge on any atom is -0.325 e. The van der Waals surface area contributed by atoms with Crippen molar-refractivity contribution in [2.45, 2.75) is 58.0 Å². The number of hydrogen-bond donors (Lipinski definition) is 1. The molecule has 0 bridgehead atoms. The summed E-state index contributed by atoms with van der Waals surface area (Å²) < 4.78 is 26.2. The summed E-state index contributed by atoms with van der Waals surface area (Å²) in [7, 11) is -3.36. The monoisotopic (exact) mass is 393 g/mol. The summed E-state index contributed by atoms with van der Waals surface area (Å²) in [6.45, 7) is 5.43. The lowest BCUT2D eigenvalue weighted by Gasteiger charge is -2.26. The zero-order valence-electron chi connectivity index (χ0n) is 16.2. The molecule has 7 heteroatoms. The van der Waals surface area contributed by atoms with Crippen LogP contribution in [0.25, 0.3) is 0 Å². The van der Waals surface area contributed by atoms with Crippen LogP contribution in [0.4, 0.5) is 5.69 Å². The summed E-state index contributed by atoms with van der Waals surface area (Å²) in [5.74, 6) is -0.121. The Hall–Kier alpha value is -1.44. The van der Waals surface area contributed by atoms with Crippen LogP contribution in [0.3, 0.4) is 0 Å². The normalized spacial score (nSPS) is 22.0. The quantitative estimate of drug-likeness (QED) is 0.773. The van der Waals surface area contributed by atoms with E-state index in [1.807, 2.05) is 25.1 Å². The number of hydrogen-bond acceptors (Lipinski definition) is 4. The first-order valence-electron chi connectivity index (χ1n) is 10.1. The molecule has 1 aromatic rings. The predicted molar refractivity (Wildman–Crippen MR) is 108 cm³/mol. The van der Waals surface area contributed by atoms with E-state index in [9.17, 15) is 13.2 Å². The van der Waals surface area contributed by atoms with Crippen LogP contribution in [0, 0.1) is 0 Å². The van der Waals surface area contributed by atoms with Gasteiger partial charge in [-0.2, -0.15) is 4.31 Å². The molecular formula is C20H31N3O3S. The standard InChI is InChI=1S/C20H31N3O3S/c1-2-14-27(25,26)23-13-7-10-19(23)20(24)21-18-9-6-8-17(15-18)16-22-11-4-3-5-12-22/h6,8-9,15,19H,2-5,7,10-14,16H2,1H3,(H,21,24). The van der Waals surface area contributed by atoms with E-state index in [-0.39, 0.29) is 11.7 Å². The van der Waals surface area contributed by atoms with E-state index in [2.05, 4.69) is 16.3 Å². The SMILES string of the molecule is CCCS(=O)(=O)N1CCCC1C(=O)Nc1cccc(CN2CCCCC2)c1. The fourth-order valence-electron chi connectivity index (χ4n) is 4.06. The fourth-order valence-corrected chi connectivity index (χ4v) is 5.81. The van der Waals surface area contributed by atoms with Crippen molar-refractivity contribution >= 4 is 21.6 Å². The summed E-state index contributed by atoms with van der Waals surface area (Å²) in [4.78, 5) is 15.2. The second-order valence-corrected chi connectivity index (χ2v) is 9.65. The molecule has 2 fully saturated rings. The highest BCUT2D eigenvalue weighted by Gasteiger charge is 2.38. The molecule has 2 aliphatic heterocycles. The van der Waals surface area contributed by atoms with Gasteiger partial charge in [0.25, 0.3) is 0 Å². The van der Waals surface area contributed by atoms with Gasteiger partial charge in [-0.1, -0.05) is 25.5 Å². The van der Waals surface area contributed by atoms with Crippen LogP contribution in [0.1, 0.15) is 51.0 Å². The van der Waals surface area contributed by atoms with Crippen molar-refractivity contribution in [3.63, 3.8) is 0 Å². The van der Waals surface area contributed by atoms with Crippen molar-refractivity contribution in [3.05, 3.63) is 29.8 Å². The van der Waals surface area contributed by atoms with E-state index in [1.54, 1.807) is 0 Å². The lowest BCUT2D eigenvalue weighted by molar-refractivity contribution is -0.119. The number of amides is 1. The van der Waals surface area contributed by atoms with Crippen molar-refractivity contribution < 1.29 is 13.2 Å². The van der Waals surface area contributed by atoms with Crippen LogP contribution in [0.5, 0.6) is 0 Å². The number of benzene rings is 1. The summed E-state index contributed by atoms with van der Waals surface area (Å²) in [6.07, 6.45) is 5.69. The molecule has 1 unspecified atom stereocenters. The Morgan fingerprint density at radius 2 is 1.93 bits per heavy atom. The van der Waals surface area contributed by atoms with Crippen molar-refractivity contribution in [1.29, 1.82) is 0 Å². The van der Waals surface area contributed by atoms with Crippen LogP contribution in [-0.2, 0) is 21.4 Å². The van der Waals surface area contributed by atoms with Gasteiger partial charge in [-0.3, -0.25) is 9.69 Å². The second-order valence-electron chi connectivity index (χ2n) is 7.61. The molecule has 2 saturated heterocycles. The third kappa shape index (κ3) is 5.30. The van der Waals surface area contributed by atoms with Crippen LogP contribution >= 0.6 is 0 Å². The highest BCUT2D eigenvalue weighted by atomic mass is 32.2. The first-order valence-corrected chi connectivity index (χ1v) is 11.7. The highest BCUT2D eigenvalue weighted by molar-refractivity contribution is 7.89. The molecule has 0 spiro atoms. The fraction of sp³-hybridized carbons (Fsp3) is 0.650. The Morgan fingerprint density at radius 3 is 2.67 bits per heavy atom. The lowest BCUT2D eigenvalue weighted by atomic mass is 10.1. The number of nitrogens with zero attached hydrogens (tertiary/aromatic N) is 2. The van der Waals surface area contributed by atoms with Crippen molar-refractivity contribution in [3.8, 4) is 0 Å². The predicted octanol–water partition coefficient (Wildman–Crippen LogP) is 2.82. The zero-order valence-corrected chi connectivity index (χ0v) is 17.0. The molecule has 2 heterocycles. The maximum absolute atomic E-state index is 12.7. The van der Waals surface area contributed by atoms with Gasteiger partial charge < -0.3 is 5.32 Å². The van der Waals surface area contributed by atoms with Crippen LogP contribution in [0.2, 0.25) is 0 Å². The number of carbonyl (C=O) groups is 1. The largest absolute Gasteiger partial charge is 0.325 e. The molecule has 3 rings (SSSR count). The Balaban J connectivity index is 1.64. The van der Waals surface area contributed by atoms with Gasteiger partial charge in [0.1, 0.15) is 6.04 Å². The van der Waals surface area contributed by atoms with E-state index in [1.165, 1.54) is 29.1 Å². The average molecular weight is 394 g/mol. The van der Waals surface area contributed by atoms with Gasteiger partial charge in [-0.05, 0) is 62.9 Å². The minimum atomic E-state index is -3.36. The molecule has 2 aliphatic rings. The number of nitrogens with one attached hydrogen (secondary N) is 1. The average Bonchev–Trinajstić information content (AvgIpc) is 3.14. The molecule has 0 aromatic heterocycles. The Labute approximate surface area is 163 Å². The van der Waals surface area contributed by atoms with Gasteiger partial charge in [0.05, 0.1) is 5.75 Å². The maximum Gasteiger partial charge on any atom is 0.242 e. The Kier molecular flexibility index (Phi) is 6.89. The van der Waals surface area contributed by atoms with Gasteiger partial charge in [-0.15, -0.1) is 0 Å². The Bertz CT molecular complexity index is 745. The van der Waals surface area contributed by atoms with Gasteiger partial charge in [-0.25, -0.2) is 8.42 Å². The van der Waals surface area contributed by atoms with Gasteiger partial charge >= 0.3 is 0 Å². The molecule has 1 aromatic carbocycles. The highest BCUT2D eigenvalue weighted by Crippen LogP contribution is 2.24. The summed E-state index contributed by atoms with van der Waals surface area (Å²) in [5, 5.41) is 2.94. The number of sulfonamides is 1. The van der Waals surface area contributed by atoms with Crippen LogP contribution in [0.15, 0.2) is 24.3 Å². The van der Waals surface area contributed by atoms with E-state index < -0.39 is 16.1 Å². The molecule has 1 N–H and O–H groups in total. The molecule has 6 nitrogen and oxygen atoms in total. The van der Waals surface area contributed by atoms with E-state index in [0.29, 0.717) is 19.4 Å². The molecule has 1 atom stereocenters. The molecule has 0 saturated carbocycles. The molecule has 0 radical (unpaired) electrons. The topological polar surface area (TPSA) is 69.7 Å². The molecule has 27 heavy (non-hydrogen) atoms. The number of carbonyl (C=O) groups excluding carboxylic acids is 1. The first-order chi connectivity index (χ1) is 13.0. The van der Waals surface area contributed by atoms with Crippen molar-refractivity contribution in [1.82, 2.24) is 9.21 Å². The van der Waals surface area contributed by atoms with E-state index >= 15 is 0 Å². The zero-order chi connectivity index (χ0) is 19.3. The molecule has 1 amide bonds. The van der Waals surface area contributed by atoms with Gasteiger partial charge in [0.15, 0.2) is 0 Å². The maximum atomic E-state index is 12.7. The third-order valence-electron chi connectivity index (χ3n) is 5.38. The number of rotatable bonds is 7. The second kappa shape index (κ2) is 9.17. The van der Waals surface area contributed by atoms with Gasteiger partial charge in [0, 0.05) is 18.8 Å². The van der Waals surface area contributed by atoms with Crippen molar-refractivity contribution in [2.24, 2.45) is 0 Å². The van der Waals surface area contributed by atoms with Crippen LogP contribution in [-0.4, -0.2) is 55.0 Å². The number of anilines is 1. The lowest BCUT2D eigenvalue weighted by Crippen LogP contribution is -2.44. The number of likely N-dealkylation sites (tertiary alicyclic amines) is 1. The molecule has 0 aliphatic carbocycles. The summed E-state index contributed by atoms with van der Waals surface area (Å²) >= 11 is 0. The first kappa shape index (κ1) is 20.3. The third-order valence-corrected chi connectivity index (χ3v) is 7.45. The van der Waals surface area contributed by atoms with E-state index in [0.717, 1.165) is 31.7 Å². The van der Waals surface area contributed by atoms with Crippen LogP contribution < -0.4 is 5.32 Å². The Morgan fingerprint density at radius 1 is 1.15 bits per heavy atom. The molecular weight excluding hydrogens is 362 g/mol. The summed E-state index contributed by atoms with van der Waals surface area (Å²) in [5.41, 5.74) is 1.92. The minimum absolute atomic E-state index is 0.0993. The van der Waals surface area contributed by atoms with E-state index in [4.69, 9.17) is 0 Å². The smallest absolute Gasteiger partial charge is 0.242 e. The van der Waals surface area contributed by atoms with Gasteiger partial charge in [0.2, 0.25) is 15.9 Å². The summed E-state index contributed by atoms with van der Waals surface area (Å²) in [6, 6.07) is 7.32. The molecule has 150 valence electrons. The van der Waals surface area contributed by atoms with Crippen molar-refractivity contribution in [2.75, 3.05) is 30.7 Å².